The molecule has 0 aliphatic rings. The van der Waals surface area contributed by atoms with Gasteiger partial charge >= 0.3 is 0 Å². The van der Waals surface area contributed by atoms with Crippen LogP contribution in [-0.2, 0) is 21.4 Å². The number of aliphatic hydroxyl groups excluding tert-OH is 1. The molecule has 218 valence electrons. The Bertz CT molecular complexity index is 1030. The fourth-order valence-electron chi connectivity index (χ4n) is 4.42. The molecule has 0 aliphatic carbocycles. The second-order valence-corrected chi connectivity index (χ2v) is 11.2. The predicted octanol–water partition coefficient (Wildman–Crippen LogP) is 5.10. The maximum Gasteiger partial charge on any atom is 0.247 e. The number of nitrogens with zero attached hydrogens (tertiary/aromatic N) is 1. The molecule has 0 aromatic heterocycles. The van der Waals surface area contributed by atoms with Gasteiger partial charge in [0.05, 0.1) is 31.8 Å². The molecule has 0 fully saturated rings. The number of carbonyl (C=O) groups excluding carboxylic acids is 1. The molecule has 3 atom stereocenters. The van der Waals surface area contributed by atoms with Crippen molar-refractivity contribution in [1.82, 2.24) is 4.42 Å². The van der Waals surface area contributed by atoms with E-state index in [1.54, 1.807) is 40.2 Å². The zero-order valence-corrected chi connectivity index (χ0v) is 24.7. The highest BCUT2D eigenvalue weighted by Gasteiger charge is 2.35. The Kier molecular flexibility index (Phi) is 13.0. The first kappa shape index (κ1) is 32.8. The molecule has 0 unspecified atom stereocenters. The van der Waals surface area contributed by atoms with Gasteiger partial charge < -0.3 is 25.1 Å². The van der Waals surface area contributed by atoms with Crippen LogP contribution in [0.15, 0.2) is 42.5 Å². The normalized spacial score (nSPS) is 14.1. The van der Waals surface area contributed by atoms with Gasteiger partial charge in [-0.2, -0.15) is 0 Å². The minimum atomic E-state index is -1.02. The molecule has 2 aromatic rings. The molecule has 2 aromatic carbocycles. The van der Waals surface area contributed by atoms with Crippen molar-refractivity contribution in [2.75, 3.05) is 34.0 Å². The summed E-state index contributed by atoms with van der Waals surface area (Å²) in [5.41, 5.74) is 7.12. The predicted molar refractivity (Wildman–Crippen MR) is 153 cm³/mol. The van der Waals surface area contributed by atoms with Gasteiger partial charge in [-0.3, -0.25) is 9.21 Å². The summed E-state index contributed by atoms with van der Waals surface area (Å²) >= 11 is 6.33. The van der Waals surface area contributed by atoms with Gasteiger partial charge in [-0.1, -0.05) is 32.0 Å². The first-order valence-electron chi connectivity index (χ1n) is 13.4. The molecule has 0 spiro atoms. The lowest BCUT2D eigenvalue weighted by Gasteiger charge is -2.31. The Hall–Kier alpha value is -2.39. The zero-order chi connectivity index (χ0) is 29.2. The highest BCUT2D eigenvalue weighted by atomic mass is 35.5. The molecule has 1 amide bonds. The van der Waals surface area contributed by atoms with Crippen molar-refractivity contribution in [2.45, 2.75) is 64.5 Å². The van der Waals surface area contributed by atoms with E-state index < -0.39 is 23.5 Å². The molecule has 7 nitrogen and oxygen atoms in total. The van der Waals surface area contributed by atoms with Crippen molar-refractivity contribution in [3.05, 3.63) is 59.4 Å². The van der Waals surface area contributed by atoms with Gasteiger partial charge in [0.2, 0.25) is 5.91 Å². The molecule has 0 saturated carbocycles. The number of aliphatic hydroxyl groups is 1. The first-order valence-corrected chi connectivity index (χ1v) is 13.7. The zero-order valence-electron chi connectivity index (χ0n) is 24.0. The third kappa shape index (κ3) is 9.64. The van der Waals surface area contributed by atoms with Crippen LogP contribution in [0.3, 0.4) is 0 Å². The van der Waals surface area contributed by atoms with Crippen molar-refractivity contribution in [3.8, 4) is 11.5 Å². The summed E-state index contributed by atoms with van der Waals surface area (Å²) in [7, 11) is 3.27. The van der Waals surface area contributed by atoms with E-state index in [2.05, 4.69) is 13.8 Å². The van der Waals surface area contributed by atoms with Crippen molar-refractivity contribution in [3.63, 3.8) is 0 Å². The summed E-state index contributed by atoms with van der Waals surface area (Å²) in [5.74, 6) is 1.02. The molecule has 0 bridgehead atoms. The molecule has 0 aliphatic heterocycles. The average molecular weight is 567 g/mol. The van der Waals surface area contributed by atoms with Crippen LogP contribution in [0.25, 0.3) is 0 Å². The summed E-state index contributed by atoms with van der Waals surface area (Å²) in [5, 5.41) is 10.9. The summed E-state index contributed by atoms with van der Waals surface area (Å²) in [4.78, 5) is 13.1. The standard InChI is InChI=1S/C30H44ClFN2O5/c1-20(2)22(16-21-8-13-27(38-6)28(17-21)39-15-7-14-37-5)18-25(33)26(35)19-34(31)29(36)30(3,4)23-9-11-24(32)12-10-23/h8-13,17,20,22,25-26,35H,7,14-16,18-19,33H2,1-6H3/t22-,25-,26-/m0/s1. The first-order chi connectivity index (χ1) is 18.4. The number of methoxy groups -OCH3 is 2. The molecular weight excluding hydrogens is 523 g/mol. The number of rotatable bonds is 16. The third-order valence-corrected chi connectivity index (χ3v) is 7.45. The van der Waals surface area contributed by atoms with E-state index in [0.29, 0.717) is 42.6 Å². The van der Waals surface area contributed by atoms with E-state index in [9.17, 15) is 14.3 Å². The Morgan fingerprint density at radius 2 is 1.77 bits per heavy atom. The van der Waals surface area contributed by atoms with Crippen LogP contribution in [0.5, 0.6) is 11.5 Å². The molecule has 0 radical (unpaired) electrons. The van der Waals surface area contributed by atoms with E-state index in [-0.39, 0.29) is 18.3 Å². The van der Waals surface area contributed by atoms with Crippen LogP contribution < -0.4 is 15.2 Å². The van der Waals surface area contributed by atoms with E-state index in [1.807, 2.05) is 18.2 Å². The number of amides is 1. The largest absolute Gasteiger partial charge is 0.493 e. The quantitative estimate of drug-likeness (QED) is 0.217. The number of benzene rings is 2. The maximum absolute atomic E-state index is 13.3. The van der Waals surface area contributed by atoms with Crippen LogP contribution >= 0.6 is 11.8 Å². The lowest BCUT2D eigenvalue weighted by atomic mass is 9.82. The van der Waals surface area contributed by atoms with Crippen molar-refractivity contribution >= 4 is 17.7 Å². The van der Waals surface area contributed by atoms with Crippen molar-refractivity contribution in [2.24, 2.45) is 17.6 Å². The summed E-state index contributed by atoms with van der Waals surface area (Å²) in [6.45, 7) is 8.68. The second kappa shape index (κ2) is 15.4. The molecule has 0 heterocycles. The lowest BCUT2D eigenvalue weighted by Crippen LogP contribution is -2.47. The number of halogens is 2. The van der Waals surface area contributed by atoms with Gasteiger partial charge in [-0.05, 0) is 73.9 Å². The second-order valence-electron chi connectivity index (χ2n) is 10.8. The van der Waals surface area contributed by atoms with Crippen LogP contribution in [0, 0.1) is 17.7 Å². The SMILES string of the molecule is COCCCOc1cc(C[C@@H](C[C@H](N)[C@@H](O)CN(Cl)C(=O)C(C)(C)c2ccc(F)cc2)C(C)C)ccc1OC. The summed E-state index contributed by atoms with van der Waals surface area (Å²) < 4.78 is 30.8. The number of hydrogen-bond acceptors (Lipinski definition) is 6. The van der Waals surface area contributed by atoms with Gasteiger partial charge in [0, 0.05) is 38.0 Å². The third-order valence-electron chi connectivity index (χ3n) is 7.16. The molecule has 9 heteroatoms. The Balaban J connectivity index is 2.03. The molecular formula is C30H44ClFN2O5. The topological polar surface area (TPSA) is 94.3 Å². The van der Waals surface area contributed by atoms with Gasteiger partial charge in [-0.25, -0.2) is 4.39 Å². The summed E-state index contributed by atoms with van der Waals surface area (Å²) in [6.07, 6.45) is 1.02. The minimum Gasteiger partial charge on any atom is -0.493 e. The molecule has 2 rings (SSSR count). The summed E-state index contributed by atoms with van der Waals surface area (Å²) in [6, 6.07) is 11.0. The monoisotopic (exact) mass is 566 g/mol. The molecule has 39 heavy (non-hydrogen) atoms. The van der Waals surface area contributed by atoms with E-state index >= 15 is 0 Å². The Morgan fingerprint density at radius 1 is 1.10 bits per heavy atom. The van der Waals surface area contributed by atoms with Crippen LogP contribution in [0.2, 0.25) is 0 Å². The number of carbonyl (C=O) groups is 1. The van der Waals surface area contributed by atoms with Crippen LogP contribution in [0.4, 0.5) is 4.39 Å². The van der Waals surface area contributed by atoms with Crippen molar-refractivity contribution in [1.29, 1.82) is 0 Å². The smallest absolute Gasteiger partial charge is 0.247 e. The van der Waals surface area contributed by atoms with E-state index in [1.165, 1.54) is 12.1 Å². The minimum absolute atomic E-state index is 0.126. The Morgan fingerprint density at radius 3 is 2.36 bits per heavy atom. The fraction of sp³-hybridized carbons (Fsp3) is 0.567. The van der Waals surface area contributed by atoms with E-state index in [4.69, 9.17) is 31.7 Å². The highest BCUT2D eigenvalue weighted by Crippen LogP contribution is 2.32. The van der Waals surface area contributed by atoms with Crippen LogP contribution in [0.1, 0.15) is 51.7 Å². The number of ether oxygens (including phenoxy) is 3. The van der Waals surface area contributed by atoms with Gasteiger partial charge in [0.15, 0.2) is 11.5 Å². The van der Waals surface area contributed by atoms with Gasteiger partial charge in [-0.15, -0.1) is 0 Å². The fourth-order valence-corrected chi connectivity index (χ4v) is 4.78. The average Bonchev–Trinajstić information content (AvgIpc) is 2.90. The van der Waals surface area contributed by atoms with Crippen LogP contribution in [-0.4, -0.2) is 61.6 Å². The maximum atomic E-state index is 13.3. The van der Waals surface area contributed by atoms with Gasteiger partial charge in [0.1, 0.15) is 5.82 Å². The van der Waals surface area contributed by atoms with Gasteiger partial charge in [0.25, 0.3) is 0 Å². The Labute approximate surface area is 237 Å². The molecule has 3 N–H and O–H groups in total. The number of hydrogen-bond donors (Lipinski definition) is 2. The number of nitrogens with two attached hydrogens (primary N) is 1. The highest BCUT2D eigenvalue weighted by molar-refractivity contribution is 6.22. The van der Waals surface area contributed by atoms with E-state index in [0.717, 1.165) is 22.8 Å². The lowest BCUT2D eigenvalue weighted by molar-refractivity contribution is -0.132. The van der Waals surface area contributed by atoms with Crippen molar-refractivity contribution < 1.29 is 28.5 Å². The molecule has 0 saturated heterocycles.